The van der Waals surface area contributed by atoms with Crippen molar-refractivity contribution in [1.82, 2.24) is 0 Å². The molecule has 6 nitrogen and oxygen atoms in total. The first kappa shape index (κ1) is 30.2. The van der Waals surface area contributed by atoms with Crippen molar-refractivity contribution in [2.75, 3.05) is 11.9 Å². The zero-order valence-corrected chi connectivity index (χ0v) is 25.9. The summed E-state index contributed by atoms with van der Waals surface area (Å²) in [6, 6.07) is 27.7. The summed E-state index contributed by atoms with van der Waals surface area (Å²) in [5.74, 6) is 1.13. The molecule has 0 aromatic heterocycles. The lowest BCUT2D eigenvalue weighted by molar-refractivity contribution is -0.112. The summed E-state index contributed by atoms with van der Waals surface area (Å²) in [7, 11) is 0. The van der Waals surface area contributed by atoms with E-state index in [1.54, 1.807) is 48.5 Å². The van der Waals surface area contributed by atoms with E-state index < -0.39 is 5.91 Å². The Morgan fingerprint density at radius 1 is 0.902 bits per heavy atom. The Balaban J connectivity index is 1.43. The number of hydrogen-bond donors (Lipinski definition) is 1. The van der Waals surface area contributed by atoms with Crippen molar-refractivity contribution in [3.8, 4) is 23.3 Å². The number of carbonyl (C=O) groups excluding carboxylic acids is 1. The van der Waals surface area contributed by atoms with Gasteiger partial charge >= 0.3 is 0 Å². The Kier molecular flexibility index (Phi) is 10.9. The first-order valence-electron chi connectivity index (χ1n) is 12.6. The van der Waals surface area contributed by atoms with Gasteiger partial charge in [-0.1, -0.05) is 51.8 Å². The third-order valence-corrected chi connectivity index (χ3v) is 7.10. The van der Waals surface area contributed by atoms with E-state index in [1.165, 1.54) is 6.08 Å². The molecule has 0 saturated carbocycles. The Morgan fingerprint density at radius 2 is 1.54 bits per heavy atom. The van der Waals surface area contributed by atoms with E-state index in [0.717, 1.165) is 15.6 Å². The Labute approximate surface area is 260 Å². The Morgan fingerprint density at radius 3 is 2.17 bits per heavy atom. The molecule has 4 aromatic rings. The normalized spacial score (nSPS) is 11.0. The molecular weight excluding hydrogens is 672 g/mol. The summed E-state index contributed by atoms with van der Waals surface area (Å²) in [5.41, 5.74) is 3.05. The molecule has 0 aliphatic carbocycles. The number of nitrogens with zero attached hydrogens (tertiary/aromatic N) is 1. The first-order valence-corrected chi connectivity index (χ1v) is 14.5. The van der Waals surface area contributed by atoms with Gasteiger partial charge < -0.3 is 19.5 Å². The number of nitrogens with one attached hydrogen (secondary N) is 1. The van der Waals surface area contributed by atoms with Crippen molar-refractivity contribution < 1.29 is 19.0 Å². The number of anilines is 1. The van der Waals surface area contributed by atoms with Crippen LogP contribution >= 0.6 is 43.5 Å². The monoisotopic (exact) mass is 694 g/mol. The predicted octanol–water partition coefficient (Wildman–Crippen LogP) is 8.97. The second-order valence-electron chi connectivity index (χ2n) is 8.74. The topological polar surface area (TPSA) is 80.6 Å². The number of carbonyl (C=O) groups is 1. The van der Waals surface area contributed by atoms with Crippen LogP contribution in [0.15, 0.2) is 99.4 Å². The summed E-state index contributed by atoms with van der Waals surface area (Å²) in [5, 5.41) is 13.1. The highest BCUT2D eigenvalue weighted by Gasteiger charge is 2.15. The van der Waals surface area contributed by atoms with E-state index in [1.807, 2.05) is 49.4 Å². The van der Waals surface area contributed by atoms with Crippen molar-refractivity contribution in [1.29, 1.82) is 5.26 Å². The van der Waals surface area contributed by atoms with Crippen molar-refractivity contribution >= 4 is 61.1 Å². The molecule has 0 unspecified atom stereocenters. The van der Waals surface area contributed by atoms with Gasteiger partial charge in [0.2, 0.25) is 0 Å². The average molecular weight is 697 g/mol. The minimum absolute atomic E-state index is 0.0650. The van der Waals surface area contributed by atoms with E-state index in [9.17, 15) is 10.1 Å². The van der Waals surface area contributed by atoms with Crippen LogP contribution in [-0.2, 0) is 18.0 Å². The molecule has 41 heavy (non-hydrogen) atoms. The highest BCUT2D eigenvalue weighted by Crippen LogP contribution is 2.38. The van der Waals surface area contributed by atoms with Crippen LogP contribution in [0.1, 0.15) is 23.6 Å². The molecule has 0 aliphatic heterocycles. The van der Waals surface area contributed by atoms with E-state index in [-0.39, 0.29) is 5.57 Å². The summed E-state index contributed by atoms with van der Waals surface area (Å²) in [6.07, 6.45) is 1.50. The molecule has 0 radical (unpaired) electrons. The third kappa shape index (κ3) is 8.86. The van der Waals surface area contributed by atoms with Crippen LogP contribution in [0.5, 0.6) is 17.2 Å². The van der Waals surface area contributed by atoms with Gasteiger partial charge in [-0.15, -0.1) is 0 Å². The van der Waals surface area contributed by atoms with Gasteiger partial charge in [-0.2, -0.15) is 5.26 Å². The zero-order valence-electron chi connectivity index (χ0n) is 22.0. The van der Waals surface area contributed by atoms with E-state index >= 15 is 0 Å². The fraction of sp³-hybridized carbons (Fsp3) is 0.125. The number of benzene rings is 4. The quantitative estimate of drug-likeness (QED) is 0.125. The van der Waals surface area contributed by atoms with E-state index in [4.69, 9.17) is 25.8 Å². The molecule has 0 fully saturated rings. The number of rotatable bonds is 11. The van der Waals surface area contributed by atoms with Crippen LogP contribution in [0.25, 0.3) is 6.08 Å². The number of amides is 1. The summed E-state index contributed by atoms with van der Waals surface area (Å²) < 4.78 is 19.3. The molecule has 1 N–H and O–H groups in total. The molecule has 0 bridgehead atoms. The Bertz CT molecular complexity index is 1570. The summed E-state index contributed by atoms with van der Waals surface area (Å²) in [6.45, 7) is 3.01. The minimum Gasteiger partial charge on any atom is -0.490 e. The predicted molar refractivity (Wildman–Crippen MR) is 168 cm³/mol. The number of nitriles is 1. The minimum atomic E-state index is -0.534. The lowest BCUT2D eigenvalue weighted by Crippen LogP contribution is -2.13. The molecule has 4 aromatic carbocycles. The second kappa shape index (κ2) is 14.7. The highest BCUT2D eigenvalue weighted by molar-refractivity contribution is 9.10. The van der Waals surface area contributed by atoms with Crippen LogP contribution in [0, 0.1) is 11.3 Å². The smallest absolute Gasteiger partial charge is 0.266 e. The third-order valence-electron chi connectivity index (χ3n) is 5.74. The molecular formula is C32H25Br2ClN2O4. The highest BCUT2D eigenvalue weighted by atomic mass is 79.9. The van der Waals surface area contributed by atoms with E-state index in [2.05, 4.69) is 37.2 Å². The van der Waals surface area contributed by atoms with Crippen LogP contribution in [-0.4, -0.2) is 12.5 Å². The fourth-order valence-electron chi connectivity index (χ4n) is 3.71. The molecule has 0 atom stereocenters. The molecule has 0 heterocycles. The number of hydrogen-bond acceptors (Lipinski definition) is 5. The first-order chi connectivity index (χ1) is 19.8. The zero-order chi connectivity index (χ0) is 29.2. The molecule has 0 aliphatic rings. The molecule has 0 spiro atoms. The SMILES string of the molecule is CCOc1cc(/C=C(\C#N)C(=O)Nc2ccc(OCc3ccc(Br)cc3)cc2)cc(Br)c1OCc1ccc(Cl)cc1. The van der Waals surface area contributed by atoms with Gasteiger partial charge in [0.1, 0.15) is 30.6 Å². The largest absolute Gasteiger partial charge is 0.490 e. The summed E-state index contributed by atoms with van der Waals surface area (Å²) in [4.78, 5) is 12.9. The molecule has 208 valence electrons. The van der Waals surface area contributed by atoms with Gasteiger partial charge in [0.05, 0.1) is 11.1 Å². The lowest BCUT2D eigenvalue weighted by Gasteiger charge is -2.15. The van der Waals surface area contributed by atoms with Gasteiger partial charge in [-0.25, -0.2) is 0 Å². The molecule has 9 heteroatoms. The average Bonchev–Trinajstić information content (AvgIpc) is 2.97. The lowest BCUT2D eigenvalue weighted by atomic mass is 10.1. The number of ether oxygens (including phenoxy) is 3. The van der Waals surface area contributed by atoms with Gasteiger partial charge in [0.25, 0.3) is 5.91 Å². The van der Waals surface area contributed by atoms with Crippen molar-refractivity contribution in [2.24, 2.45) is 0 Å². The van der Waals surface area contributed by atoms with Gasteiger partial charge in [-0.05, 0) is 106 Å². The molecule has 4 rings (SSSR count). The molecule has 1 amide bonds. The van der Waals surface area contributed by atoms with Crippen molar-refractivity contribution in [3.63, 3.8) is 0 Å². The molecule has 0 saturated heterocycles. The van der Waals surface area contributed by atoms with Crippen LogP contribution in [0.3, 0.4) is 0 Å². The van der Waals surface area contributed by atoms with Gasteiger partial charge in [-0.3, -0.25) is 4.79 Å². The maximum atomic E-state index is 12.9. The van der Waals surface area contributed by atoms with Gasteiger partial charge in [0, 0.05) is 15.2 Å². The second-order valence-corrected chi connectivity index (χ2v) is 10.9. The van der Waals surface area contributed by atoms with Gasteiger partial charge in [0.15, 0.2) is 11.5 Å². The summed E-state index contributed by atoms with van der Waals surface area (Å²) >= 11 is 12.9. The fourth-order valence-corrected chi connectivity index (χ4v) is 4.67. The van der Waals surface area contributed by atoms with Crippen molar-refractivity contribution in [2.45, 2.75) is 20.1 Å². The van der Waals surface area contributed by atoms with Crippen LogP contribution < -0.4 is 19.5 Å². The van der Waals surface area contributed by atoms with Crippen LogP contribution in [0.2, 0.25) is 5.02 Å². The van der Waals surface area contributed by atoms with Crippen molar-refractivity contribution in [3.05, 3.63) is 121 Å². The van der Waals surface area contributed by atoms with Crippen LogP contribution in [0.4, 0.5) is 5.69 Å². The Hall–Kier alpha value is -3.77. The number of halogens is 3. The maximum Gasteiger partial charge on any atom is 0.266 e. The standard InChI is InChI=1S/C32H25Br2ClN2O4/c1-2-39-30-17-23(16-29(34)31(30)41-20-22-5-9-26(35)10-6-22)15-24(18-36)32(38)37-27-11-13-28(14-12-27)40-19-21-3-7-25(33)8-4-21/h3-17H,2,19-20H2,1H3,(H,37,38)/b24-15+. The maximum absolute atomic E-state index is 12.9. The van der Waals surface area contributed by atoms with E-state index in [0.29, 0.717) is 57.8 Å².